The van der Waals surface area contributed by atoms with Gasteiger partial charge in [-0.2, -0.15) is 8.42 Å². The fourth-order valence-electron chi connectivity index (χ4n) is 3.09. The molecule has 0 rings (SSSR count). The number of unbranched alkanes of at least 4 members (excludes halogenated alkanes) is 9. The maximum atomic E-state index is 9.33. The SMILES string of the molecule is CCCCCCC(N)(CCCCCC)CCCCCC.COS(=O)(=O)O. The van der Waals surface area contributed by atoms with Crippen LogP contribution in [0.25, 0.3) is 0 Å². The lowest BCUT2D eigenvalue weighted by Crippen LogP contribution is -2.39. The van der Waals surface area contributed by atoms with Crippen LogP contribution < -0.4 is 5.73 Å². The number of nitrogens with two attached hydrogens (primary N) is 1. The van der Waals surface area contributed by atoms with Gasteiger partial charge in [0.15, 0.2) is 0 Å². The van der Waals surface area contributed by atoms with Crippen molar-refractivity contribution >= 4 is 10.4 Å². The summed E-state index contributed by atoms with van der Waals surface area (Å²) in [5.41, 5.74) is 6.89. The van der Waals surface area contributed by atoms with Gasteiger partial charge in [-0.15, -0.1) is 0 Å². The first kappa shape index (κ1) is 28.0. The Morgan fingerprint density at radius 2 is 1.00 bits per heavy atom. The van der Waals surface area contributed by atoms with Gasteiger partial charge in [0.1, 0.15) is 0 Å². The van der Waals surface area contributed by atoms with Gasteiger partial charge in [-0.05, 0) is 19.3 Å². The molecule has 0 aromatic heterocycles. The number of hydrogen-bond acceptors (Lipinski definition) is 4. The van der Waals surface area contributed by atoms with E-state index in [9.17, 15) is 8.42 Å². The van der Waals surface area contributed by atoms with Crippen LogP contribution in [0.15, 0.2) is 0 Å². The smallest absolute Gasteiger partial charge is 0.325 e. The summed E-state index contributed by atoms with van der Waals surface area (Å²) in [4.78, 5) is 0. The quantitative estimate of drug-likeness (QED) is 0.246. The van der Waals surface area contributed by atoms with Crippen molar-refractivity contribution in [3.8, 4) is 0 Å². The Labute approximate surface area is 163 Å². The van der Waals surface area contributed by atoms with Gasteiger partial charge in [0.25, 0.3) is 0 Å². The average molecular weight is 396 g/mol. The molecule has 0 fully saturated rings. The summed E-state index contributed by atoms with van der Waals surface area (Å²) in [6.45, 7) is 6.85. The van der Waals surface area contributed by atoms with E-state index < -0.39 is 10.4 Å². The standard InChI is InChI=1S/C19H41N.CH4O4S/c1-4-7-10-13-16-19(20,17-14-11-8-5-2)18-15-12-9-6-3;1-5-6(2,3)4/h4-18,20H2,1-3H3;1H3,(H,2,3,4). The number of hydrogen-bond donors (Lipinski definition) is 2. The minimum absolute atomic E-state index is 0.148. The van der Waals surface area contributed by atoms with Crippen LogP contribution in [0.5, 0.6) is 0 Å². The van der Waals surface area contributed by atoms with E-state index >= 15 is 0 Å². The summed E-state index contributed by atoms with van der Waals surface area (Å²) in [5.74, 6) is 0. The third-order valence-electron chi connectivity index (χ3n) is 4.80. The molecule has 6 heteroatoms. The topological polar surface area (TPSA) is 89.6 Å². The van der Waals surface area contributed by atoms with Crippen molar-refractivity contribution in [2.75, 3.05) is 7.11 Å². The van der Waals surface area contributed by atoms with Crippen molar-refractivity contribution in [3.05, 3.63) is 0 Å². The van der Waals surface area contributed by atoms with E-state index in [1.54, 1.807) is 0 Å². The molecule has 26 heavy (non-hydrogen) atoms. The van der Waals surface area contributed by atoms with Crippen LogP contribution in [0.4, 0.5) is 0 Å². The van der Waals surface area contributed by atoms with Crippen LogP contribution in [-0.2, 0) is 14.6 Å². The summed E-state index contributed by atoms with van der Waals surface area (Å²) in [7, 11) is -3.29. The van der Waals surface area contributed by atoms with E-state index in [1.165, 1.54) is 96.3 Å². The lowest BCUT2D eigenvalue weighted by Gasteiger charge is -2.30. The third kappa shape index (κ3) is 21.9. The fourth-order valence-corrected chi connectivity index (χ4v) is 3.09. The van der Waals surface area contributed by atoms with Crippen molar-refractivity contribution in [3.63, 3.8) is 0 Å². The maximum Gasteiger partial charge on any atom is 0.397 e. The second-order valence-electron chi connectivity index (χ2n) is 7.39. The maximum absolute atomic E-state index is 9.33. The lowest BCUT2D eigenvalue weighted by atomic mass is 9.83. The molecule has 3 N–H and O–H groups in total. The van der Waals surface area contributed by atoms with E-state index in [4.69, 9.17) is 10.3 Å². The molecule has 0 aromatic rings. The summed E-state index contributed by atoms with van der Waals surface area (Å²) < 4.78 is 29.7. The van der Waals surface area contributed by atoms with E-state index in [1.807, 2.05) is 0 Å². The Morgan fingerprint density at radius 3 is 1.19 bits per heavy atom. The second kappa shape index (κ2) is 18.2. The zero-order valence-corrected chi connectivity index (χ0v) is 18.6. The van der Waals surface area contributed by atoms with Crippen molar-refractivity contribution < 1.29 is 17.2 Å². The molecule has 0 radical (unpaired) electrons. The molecule has 0 spiro atoms. The molecule has 0 aromatic carbocycles. The van der Waals surface area contributed by atoms with Crippen molar-refractivity contribution in [1.29, 1.82) is 0 Å². The minimum atomic E-state index is -4.16. The van der Waals surface area contributed by atoms with E-state index in [0.717, 1.165) is 7.11 Å². The van der Waals surface area contributed by atoms with Crippen molar-refractivity contribution in [2.24, 2.45) is 5.73 Å². The third-order valence-corrected chi connectivity index (χ3v) is 5.22. The predicted molar refractivity (Wildman–Crippen MR) is 112 cm³/mol. The highest BCUT2D eigenvalue weighted by molar-refractivity contribution is 7.80. The largest absolute Gasteiger partial charge is 0.397 e. The molecular weight excluding hydrogens is 350 g/mol. The summed E-state index contributed by atoms with van der Waals surface area (Å²) in [6, 6.07) is 0. The van der Waals surface area contributed by atoms with Crippen LogP contribution in [-0.4, -0.2) is 25.6 Å². The summed E-state index contributed by atoms with van der Waals surface area (Å²) >= 11 is 0. The Bertz CT molecular complexity index is 354. The second-order valence-corrected chi connectivity index (χ2v) is 8.58. The van der Waals surface area contributed by atoms with Crippen LogP contribution in [0.3, 0.4) is 0 Å². The highest BCUT2D eigenvalue weighted by Gasteiger charge is 2.23. The molecule has 0 aliphatic heterocycles. The molecule has 160 valence electrons. The van der Waals surface area contributed by atoms with Crippen LogP contribution in [0.2, 0.25) is 0 Å². The molecule has 0 unspecified atom stereocenters. The van der Waals surface area contributed by atoms with Gasteiger partial charge in [0.05, 0.1) is 7.11 Å². The molecule has 0 aliphatic rings. The average Bonchev–Trinajstić information content (AvgIpc) is 2.60. The molecule has 5 nitrogen and oxygen atoms in total. The van der Waals surface area contributed by atoms with Crippen LogP contribution in [0.1, 0.15) is 117 Å². The Hall–Kier alpha value is -0.170. The van der Waals surface area contributed by atoms with Crippen molar-refractivity contribution in [2.45, 2.75) is 123 Å². The zero-order valence-electron chi connectivity index (χ0n) is 17.8. The Kier molecular flexibility index (Phi) is 19.6. The zero-order chi connectivity index (χ0) is 20.3. The molecule has 0 bridgehead atoms. The van der Waals surface area contributed by atoms with E-state index in [-0.39, 0.29) is 5.54 Å². The first-order valence-electron chi connectivity index (χ1n) is 10.6. The molecule has 0 saturated heterocycles. The van der Waals surface area contributed by atoms with E-state index in [2.05, 4.69) is 25.0 Å². The van der Waals surface area contributed by atoms with Crippen LogP contribution >= 0.6 is 0 Å². The van der Waals surface area contributed by atoms with Gasteiger partial charge in [-0.3, -0.25) is 8.74 Å². The van der Waals surface area contributed by atoms with Crippen LogP contribution in [0, 0.1) is 0 Å². The molecule has 0 saturated carbocycles. The van der Waals surface area contributed by atoms with Gasteiger partial charge in [0.2, 0.25) is 0 Å². The van der Waals surface area contributed by atoms with E-state index in [0.29, 0.717) is 0 Å². The van der Waals surface area contributed by atoms with Crippen molar-refractivity contribution in [1.82, 2.24) is 0 Å². The first-order chi connectivity index (χ1) is 12.2. The van der Waals surface area contributed by atoms with Gasteiger partial charge in [0, 0.05) is 5.54 Å². The highest BCUT2D eigenvalue weighted by Crippen LogP contribution is 2.26. The Morgan fingerprint density at radius 1 is 0.731 bits per heavy atom. The molecule has 0 heterocycles. The molecule has 0 aliphatic carbocycles. The number of rotatable bonds is 16. The molecule has 0 amide bonds. The van der Waals surface area contributed by atoms with Gasteiger partial charge in [-0.1, -0.05) is 97.8 Å². The lowest BCUT2D eigenvalue weighted by molar-refractivity contribution is 0.304. The van der Waals surface area contributed by atoms with Gasteiger partial charge in [-0.25, -0.2) is 0 Å². The molecule has 0 atom stereocenters. The Balaban J connectivity index is 0. The normalized spacial score (nSPS) is 11.9. The summed E-state index contributed by atoms with van der Waals surface area (Å²) in [5, 5.41) is 0. The minimum Gasteiger partial charge on any atom is -0.325 e. The predicted octanol–water partition coefficient (Wildman–Crippen LogP) is 6.03. The summed E-state index contributed by atoms with van der Waals surface area (Å²) in [6.07, 6.45) is 20.0. The highest BCUT2D eigenvalue weighted by atomic mass is 32.3. The van der Waals surface area contributed by atoms with Gasteiger partial charge >= 0.3 is 10.4 Å². The monoisotopic (exact) mass is 395 g/mol. The first-order valence-corrected chi connectivity index (χ1v) is 11.9. The molecular formula is C20H45NO4S. The van der Waals surface area contributed by atoms with Gasteiger partial charge < -0.3 is 5.73 Å². The fraction of sp³-hybridized carbons (Fsp3) is 1.00.